The molecule has 30 heavy (non-hydrogen) atoms. The number of rotatable bonds is 9. The molecule has 2 fully saturated rings. The normalized spacial score (nSPS) is 21.9. The molecule has 10 heteroatoms. The average Bonchev–Trinajstić information content (AvgIpc) is 3.35. The van der Waals surface area contributed by atoms with Crippen molar-refractivity contribution in [2.45, 2.75) is 76.9 Å². The van der Waals surface area contributed by atoms with Gasteiger partial charge in [0.1, 0.15) is 18.1 Å². The second kappa shape index (κ2) is 10.9. The van der Waals surface area contributed by atoms with Gasteiger partial charge in [-0.3, -0.25) is 19.2 Å². The maximum Gasteiger partial charge on any atom is 0.326 e. The molecule has 2 aliphatic rings. The van der Waals surface area contributed by atoms with E-state index in [9.17, 15) is 29.1 Å². The van der Waals surface area contributed by atoms with Gasteiger partial charge >= 0.3 is 5.97 Å². The number of aliphatic carboxylic acids is 1. The highest BCUT2D eigenvalue weighted by Gasteiger charge is 2.34. The molecule has 2 heterocycles. The molecule has 3 N–H and O–H groups in total. The van der Waals surface area contributed by atoms with Gasteiger partial charge in [0.05, 0.1) is 0 Å². The van der Waals surface area contributed by atoms with Crippen LogP contribution in [0.4, 0.5) is 0 Å². The van der Waals surface area contributed by atoms with E-state index < -0.39 is 30.0 Å². The molecule has 0 bridgehead atoms. The van der Waals surface area contributed by atoms with Crippen LogP contribution in [0.2, 0.25) is 0 Å². The Labute approximate surface area is 176 Å². The summed E-state index contributed by atoms with van der Waals surface area (Å²) in [6.07, 6.45) is 3.99. The molecule has 4 amide bonds. The molecule has 0 aromatic rings. The number of unbranched alkanes of at least 4 members (excludes halogenated alkanes) is 1. The average molecular weight is 424 g/mol. The number of likely N-dealkylation sites (tertiary alicyclic amines) is 2. The molecule has 3 atom stereocenters. The van der Waals surface area contributed by atoms with Gasteiger partial charge in [-0.1, -0.05) is 0 Å². The fraction of sp³-hybridized carbons (Fsp3) is 0.750. The van der Waals surface area contributed by atoms with Crippen molar-refractivity contribution in [2.24, 2.45) is 0 Å². The summed E-state index contributed by atoms with van der Waals surface area (Å²) >= 11 is 0. The molecule has 0 aromatic heterocycles. The van der Waals surface area contributed by atoms with E-state index in [2.05, 4.69) is 10.6 Å². The number of hydrogen-bond acceptors (Lipinski definition) is 5. The maximum atomic E-state index is 12.4. The Kier molecular flexibility index (Phi) is 8.61. The van der Waals surface area contributed by atoms with E-state index in [1.165, 1.54) is 18.7 Å². The van der Waals surface area contributed by atoms with E-state index in [-0.39, 0.29) is 24.1 Å². The molecular weight excluding hydrogens is 392 g/mol. The number of amides is 4. The third-order valence-corrected chi connectivity index (χ3v) is 5.75. The van der Waals surface area contributed by atoms with Crippen LogP contribution >= 0.6 is 0 Å². The molecule has 2 rings (SSSR count). The van der Waals surface area contributed by atoms with Crippen LogP contribution in [0.1, 0.15) is 58.8 Å². The van der Waals surface area contributed by atoms with Crippen molar-refractivity contribution in [3.63, 3.8) is 0 Å². The number of carbonyl (C=O) groups excluding carboxylic acids is 4. The van der Waals surface area contributed by atoms with Crippen LogP contribution in [0.3, 0.4) is 0 Å². The first-order valence-electron chi connectivity index (χ1n) is 10.6. The molecule has 168 valence electrons. The lowest BCUT2D eigenvalue weighted by Gasteiger charge is -2.24. The molecule has 0 radical (unpaired) electrons. The lowest BCUT2D eigenvalue weighted by Crippen LogP contribution is -2.50. The summed E-state index contributed by atoms with van der Waals surface area (Å²) in [4.78, 5) is 62.4. The third kappa shape index (κ3) is 6.17. The Hall–Kier alpha value is -2.65. The van der Waals surface area contributed by atoms with Crippen LogP contribution < -0.4 is 10.6 Å². The minimum absolute atomic E-state index is 0.113. The van der Waals surface area contributed by atoms with Crippen LogP contribution in [0.25, 0.3) is 0 Å². The molecule has 2 saturated heterocycles. The predicted molar refractivity (Wildman–Crippen MR) is 107 cm³/mol. The standard InChI is InChI=1S/C20H32N4O6/c1-13(25)23-11-5-8-16(23)18(27)21-10-4-3-7-15(20(29)30)22-19(28)17-9-6-12-24(17)14(2)26/h15-17H,3-12H2,1-2H3,(H,21,27)(H,22,28)(H,29,30). The zero-order valence-electron chi connectivity index (χ0n) is 17.7. The van der Waals surface area contributed by atoms with Crippen molar-refractivity contribution in [2.75, 3.05) is 19.6 Å². The summed E-state index contributed by atoms with van der Waals surface area (Å²) < 4.78 is 0. The van der Waals surface area contributed by atoms with Crippen molar-refractivity contribution < 1.29 is 29.1 Å². The second-order valence-corrected chi connectivity index (χ2v) is 7.93. The molecular formula is C20H32N4O6. The van der Waals surface area contributed by atoms with Crippen molar-refractivity contribution in [1.29, 1.82) is 0 Å². The van der Waals surface area contributed by atoms with Crippen molar-refractivity contribution in [3.05, 3.63) is 0 Å². The van der Waals surface area contributed by atoms with Gasteiger partial charge in [-0.15, -0.1) is 0 Å². The fourth-order valence-corrected chi connectivity index (χ4v) is 4.16. The maximum absolute atomic E-state index is 12.4. The Morgan fingerprint density at radius 3 is 1.93 bits per heavy atom. The Morgan fingerprint density at radius 2 is 1.43 bits per heavy atom. The van der Waals surface area contributed by atoms with Gasteiger partial charge in [-0.05, 0) is 44.9 Å². The van der Waals surface area contributed by atoms with Crippen LogP contribution in [-0.2, 0) is 24.0 Å². The predicted octanol–water partition coefficient (Wildman–Crippen LogP) is -0.136. The molecule has 3 unspecified atom stereocenters. The SMILES string of the molecule is CC(=O)N1CCCC1C(=O)NCCCCC(NC(=O)C1CCCN1C(C)=O)C(=O)O. The summed E-state index contributed by atoms with van der Waals surface area (Å²) in [7, 11) is 0. The molecule has 0 aromatic carbocycles. The van der Waals surface area contributed by atoms with Crippen LogP contribution in [0, 0.1) is 0 Å². The summed E-state index contributed by atoms with van der Waals surface area (Å²) in [6, 6.07) is -2.07. The summed E-state index contributed by atoms with van der Waals surface area (Å²) in [5.74, 6) is -2.05. The first kappa shape index (κ1) is 23.6. The van der Waals surface area contributed by atoms with Crippen LogP contribution in [0.15, 0.2) is 0 Å². The van der Waals surface area contributed by atoms with Gasteiger partial charge in [-0.25, -0.2) is 4.79 Å². The minimum atomic E-state index is -1.12. The van der Waals surface area contributed by atoms with Gasteiger partial charge in [0, 0.05) is 33.5 Å². The zero-order chi connectivity index (χ0) is 22.3. The molecule has 2 aliphatic heterocycles. The molecule has 0 saturated carbocycles. The zero-order valence-corrected chi connectivity index (χ0v) is 17.7. The van der Waals surface area contributed by atoms with E-state index in [1.54, 1.807) is 4.90 Å². The van der Waals surface area contributed by atoms with Gasteiger partial charge in [0.25, 0.3) is 0 Å². The van der Waals surface area contributed by atoms with E-state index in [0.29, 0.717) is 45.3 Å². The second-order valence-electron chi connectivity index (χ2n) is 7.93. The molecule has 0 aliphatic carbocycles. The first-order chi connectivity index (χ1) is 14.2. The van der Waals surface area contributed by atoms with Gasteiger partial charge in [0.15, 0.2) is 0 Å². The molecule has 10 nitrogen and oxygen atoms in total. The number of nitrogens with one attached hydrogen (secondary N) is 2. The fourth-order valence-electron chi connectivity index (χ4n) is 4.16. The van der Waals surface area contributed by atoms with Crippen LogP contribution in [0.5, 0.6) is 0 Å². The van der Waals surface area contributed by atoms with Gasteiger partial charge < -0.3 is 25.5 Å². The Balaban J connectivity index is 1.73. The van der Waals surface area contributed by atoms with E-state index in [4.69, 9.17) is 0 Å². The smallest absolute Gasteiger partial charge is 0.326 e. The monoisotopic (exact) mass is 424 g/mol. The Bertz CT molecular complexity index is 682. The lowest BCUT2D eigenvalue weighted by molar-refractivity contribution is -0.143. The highest BCUT2D eigenvalue weighted by atomic mass is 16.4. The quantitative estimate of drug-likeness (QED) is 0.441. The lowest BCUT2D eigenvalue weighted by atomic mass is 10.1. The van der Waals surface area contributed by atoms with Crippen molar-refractivity contribution in [1.82, 2.24) is 20.4 Å². The number of carboxylic acids is 1. The summed E-state index contributed by atoms with van der Waals surface area (Å²) in [5.41, 5.74) is 0. The topological polar surface area (TPSA) is 136 Å². The number of carboxylic acid groups (broad SMARTS) is 1. The minimum Gasteiger partial charge on any atom is -0.480 e. The van der Waals surface area contributed by atoms with Gasteiger partial charge in [0.2, 0.25) is 23.6 Å². The number of carbonyl (C=O) groups is 5. The van der Waals surface area contributed by atoms with Crippen molar-refractivity contribution in [3.8, 4) is 0 Å². The number of nitrogens with zero attached hydrogens (tertiary/aromatic N) is 2. The van der Waals surface area contributed by atoms with Gasteiger partial charge in [-0.2, -0.15) is 0 Å². The van der Waals surface area contributed by atoms with Crippen LogP contribution in [-0.4, -0.2) is 82.3 Å². The van der Waals surface area contributed by atoms with E-state index in [1.807, 2.05) is 0 Å². The highest BCUT2D eigenvalue weighted by molar-refractivity contribution is 5.90. The first-order valence-corrected chi connectivity index (χ1v) is 10.6. The Morgan fingerprint density at radius 1 is 0.900 bits per heavy atom. The van der Waals surface area contributed by atoms with E-state index >= 15 is 0 Å². The summed E-state index contributed by atoms with van der Waals surface area (Å²) in [6.45, 7) is 4.33. The van der Waals surface area contributed by atoms with E-state index in [0.717, 1.165) is 12.8 Å². The van der Waals surface area contributed by atoms with Crippen molar-refractivity contribution >= 4 is 29.6 Å². The largest absolute Gasteiger partial charge is 0.480 e. The third-order valence-electron chi connectivity index (χ3n) is 5.75. The highest BCUT2D eigenvalue weighted by Crippen LogP contribution is 2.18. The summed E-state index contributed by atoms with van der Waals surface area (Å²) in [5, 5.41) is 14.8. The molecule has 0 spiro atoms. The number of hydrogen-bond donors (Lipinski definition) is 3.